The molecule has 0 aromatic heterocycles. The van der Waals surface area contributed by atoms with Crippen LogP contribution in [0.1, 0.15) is 6.92 Å². The first kappa shape index (κ1) is 11.6. The largest absolute Gasteiger partial charge is 0.339 e. The van der Waals surface area contributed by atoms with Crippen molar-refractivity contribution in [1.82, 2.24) is 5.43 Å². The van der Waals surface area contributed by atoms with E-state index < -0.39 is 11.8 Å². The summed E-state index contributed by atoms with van der Waals surface area (Å²) in [6.07, 6.45) is 1.44. The molecule has 2 N–H and O–H groups in total. The Labute approximate surface area is 89.1 Å². The molecule has 4 nitrogen and oxygen atoms in total. The van der Waals surface area contributed by atoms with Gasteiger partial charge in [-0.2, -0.15) is 5.10 Å². The van der Waals surface area contributed by atoms with Gasteiger partial charge in [-0.1, -0.05) is 0 Å². The molecule has 0 bridgehead atoms. The highest BCUT2D eigenvalue weighted by atomic mass is 31.0. The van der Waals surface area contributed by atoms with E-state index in [0.29, 0.717) is 11.0 Å². The second-order valence-corrected chi connectivity index (χ2v) is 3.39. The summed E-state index contributed by atoms with van der Waals surface area (Å²) in [6.45, 7) is 1.67. The molecule has 1 atom stereocenters. The Morgan fingerprint density at radius 2 is 2.27 bits per heavy atom. The summed E-state index contributed by atoms with van der Waals surface area (Å²) >= 11 is 0. The van der Waals surface area contributed by atoms with Crippen LogP contribution in [-0.4, -0.2) is 12.2 Å². The zero-order valence-electron chi connectivity index (χ0n) is 8.12. The zero-order chi connectivity index (χ0) is 11.3. The fraction of sp³-hybridized carbons (Fsp3) is 0.111. The first-order chi connectivity index (χ1) is 7.11. The van der Waals surface area contributed by atoms with Crippen molar-refractivity contribution in [3.05, 3.63) is 24.0 Å². The van der Waals surface area contributed by atoms with Crippen molar-refractivity contribution in [3.63, 3.8) is 0 Å². The van der Waals surface area contributed by atoms with E-state index in [1.807, 2.05) is 0 Å². The van der Waals surface area contributed by atoms with Crippen LogP contribution in [0, 0.1) is 5.82 Å². The molecule has 6 heteroatoms. The van der Waals surface area contributed by atoms with Gasteiger partial charge in [0, 0.05) is 11.9 Å². The molecule has 0 fully saturated rings. The van der Waals surface area contributed by atoms with Gasteiger partial charge in [0.05, 0.1) is 0 Å². The van der Waals surface area contributed by atoms with Gasteiger partial charge in [0.15, 0.2) is 0 Å². The number of benzene rings is 1. The van der Waals surface area contributed by atoms with Gasteiger partial charge in [-0.3, -0.25) is 0 Å². The Bertz CT molecular complexity index is 375. The van der Waals surface area contributed by atoms with Gasteiger partial charge in [-0.25, -0.2) is 14.6 Å². The number of amides is 2. The Morgan fingerprint density at radius 3 is 2.87 bits per heavy atom. The van der Waals surface area contributed by atoms with Crippen molar-refractivity contribution < 1.29 is 9.18 Å². The van der Waals surface area contributed by atoms with Crippen molar-refractivity contribution in [2.75, 3.05) is 5.32 Å². The lowest BCUT2D eigenvalue weighted by molar-refractivity contribution is 0.252. The highest BCUT2D eigenvalue weighted by molar-refractivity contribution is 7.27. The summed E-state index contributed by atoms with van der Waals surface area (Å²) in [7, 11) is 2.35. The number of rotatable bonds is 2. The molecular formula is C9H11FN3OP. The fourth-order valence-corrected chi connectivity index (χ4v) is 1.31. The summed E-state index contributed by atoms with van der Waals surface area (Å²) in [5.74, 6) is -0.406. The van der Waals surface area contributed by atoms with Gasteiger partial charge in [-0.05, 0) is 30.4 Å². The van der Waals surface area contributed by atoms with Crippen molar-refractivity contribution in [3.8, 4) is 0 Å². The molecule has 80 valence electrons. The Morgan fingerprint density at radius 1 is 1.53 bits per heavy atom. The molecule has 0 aliphatic carbocycles. The monoisotopic (exact) mass is 227 g/mol. The number of hydrogen-bond acceptors (Lipinski definition) is 2. The second kappa shape index (κ2) is 5.41. The minimum atomic E-state index is -0.511. The van der Waals surface area contributed by atoms with E-state index in [9.17, 15) is 9.18 Å². The number of anilines is 1. The zero-order valence-corrected chi connectivity index (χ0v) is 9.27. The Kier molecular flexibility index (Phi) is 4.18. The smallest absolute Gasteiger partial charge is 0.306 e. The van der Waals surface area contributed by atoms with Crippen LogP contribution in [0.25, 0.3) is 0 Å². The van der Waals surface area contributed by atoms with Crippen molar-refractivity contribution in [2.24, 2.45) is 5.10 Å². The van der Waals surface area contributed by atoms with Crippen LogP contribution in [0.3, 0.4) is 0 Å². The van der Waals surface area contributed by atoms with E-state index >= 15 is 0 Å². The Balaban J connectivity index is 2.68. The number of hydrazone groups is 1. The van der Waals surface area contributed by atoms with E-state index in [-0.39, 0.29) is 0 Å². The number of carbonyl (C=O) groups excluding carboxylic acids is 1. The molecule has 0 heterocycles. The molecule has 0 saturated carbocycles. The normalized spacial score (nSPS) is 10.3. The third-order valence-corrected chi connectivity index (χ3v) is 1.81. The highest BCUT2D eigenvalue weighted by Gasteiger charge is 2.02. The summed E-state index contributed by atoms with van der Waals surface area (Å²) < 4.78 is 12.9. The van der Waals surface area contributed by atoms with E-state index in [1.54, 1.807) is 13.0 Å². The molecule has 15 heavy (non-hydrogen) atoms. The molecule has 0 spiro atoms. The first-order valence-corrected chi connectivity index (χ1v) is 4.80. The first-order valence-electron chi connectivity index (χ1n) is 4.22. The molecule has 0 aliphatic heterocycles. The summed E-state index contributed by atoms with van der Waals surface area (Å²) in [6, 6.07) is 3.69. The van der Waals surface area contributed by atoms with Crippen LogP contribution >= 0.6 is 9.24 Å². The van der Waals surface area contributed by atoms with Gasteiger partial charge in [0.1, 0.15) is 5.82 Å². The van der Waals surface area contributed by atoms with Gasteiger partial charge in [-0.15, -0.1) is 9.24 Å². The number of hydrogen-bond donors (Lipinski definition) is 2. The maximum Gasteiger partial charge on any atom is 0.339 e. The average Bonchev–Trinajstić information content (AvgIpc) is 2.13. The maximum absolute atomic E-state index is 12.9. The van der Waals surface area contributed by atoms with Crippen LogP contribution in [0.15, 0.2) is 23.3 Å². The number of halogens is 1. The van der Waals surface area contributed by atoms with E-state index in [2.05, 4.69) is 25.1 Å². The number of carbonyl (C=O) groups is 1. The lowest BCUT2D eigenvalue weighted by Crippen LogP contribution is -2.24. The van der Waals surface area contributed by atoms with E-state index in [1.165, 1.54) is 18.3 Å². The van der Waals surface area contributed by atoms with Crippen LogP contribution in [0.5, 0.6) is 0 Å². The molecule has 0 saturated heterocycles. The second-order valence-electron chi connectivity index (χ2n) is 2.73. The van der Waals surface area contributed by atoms with Crippen molar-refractivity contribution in [2.45, 2.75) is 6.92 Å². The number of nitrogens with zero attached hydrogens (tertiary/aromatic N) is 1. The van der Waals surface area contributed by atoms with Crippen molar-refractivity contribution >= 4 is 32.5 Å². The molecule has 0 radical (unpaired) electrons. The predicted octanol–water partition coefficient (Wildman–Crippen LogP) is 1.45. The third-order valence-electron chi connectivity index (χ3n) is 1.47. The standard InChI is InChI=1S/C9H11FN3OP/c1-2-11-13-9(14)12-7-3-6(10)4-8(15)5-7/h2-5H,15H2,1H3,(H2,12,13,14)/b11-2+. The molecule has 2 amide bonds. The molecule has 0 aliphatic rings. The van der Waals surface area contributed by atoms with E-state index in [4.69, 9.17) is 0 Å². The molecule has 1 aromatic rings. The van der Waals surface area contributed by atoms with Crippen LogP contribution in [0.2, 0.25) is 0 Å². The SMILES string of the molecule is C/C=N/NC(=O)Nc1cc(F)cc(P)c1. The predicted molar refractivity (Wildman–Crippen MR) is 62.1 cm³/mol. The van der Waals surface area contributed by atoms with E-state index in [0.717, 1.165) is 0 Å². The van der Waals surface area contributed by atoms with Gasteiger partial charge in [0.25, 0.3) is 0 Å². The van der Waals surface area contributed by atoms with Gasteiger partial charge >= 0.3 is 6.03 Å². The average molecular weight is 227 g/mol. The number of nitrogens with one attached hydrogen (secondary N) is 2. The summed E-state index contributed by atoms with van der Waals surface area (Å²) in [5, 5.41) is 6.62. The van der Waals surface area contributed by atoms with Crippen molar-refractivity contribution in [1.29, 1.82) is 0 Å². The Hall–Kier alpha value is -1.48. The molecular weight excluding hydrogens is 216 g/mol. The third kappa shape index (κ3) is 4.04. The molecule has 1 aromatic carbocycles. The fourth-order valence-electron chi connectivity index (χ4n) is 0.967. The lowest BCUT2D eigenvalue weighted by Gasteiger charge is -2.05. The minimum Gasteiger partial charge on any atom is -0.306 e. The minimum absolute atomic E-state index is 0.379. The molecule has 1 unspecified atom stereocenters. The summed E-state index contributed by atoms with van der Waals surface area (Å²) in [4.78, 5) is 11.1. The van der Waals surface area contributed by atoms with Crippen LogP contribution in [-0.2, 0) is 0 Å². The van der Waals surface area contributed by atoms with Crippen LogP contribution in [0.4, 0.5) is 14.9 Å². The summed E-state index contributed by atoms with van der Waals surface area (Å²) in [5.41, 5.74) is 2.59. The highest BCUT2D eigenvalue weighted by Crippen LogP contribution is 2.09. The lowest BCUT2D eigenvalue weighted by atomic mass is 10.3. The van der Waals surface area contributed by atoms with Crippen LogP contribution < -0.4 is 16.0 Å². The van der Waals surface area contributed by atoms with Gasteiger partial charge in [0.2, 0.25) is 0 Å². The topological polar surface area (TPSA) is 53.5 Å². The molecule has 1 rings (SSSR count). The number of urea groups is 1. The maximum atomic E-state index is 12.9. The van der Waals surface area contributed by atoms with Gasteiger partial charge < -0.3 is 5.32 Å². The quantitative estimate of drug-likeness (QED) is 0.448.